The van der Waals surface area contributed by atoms with Crippen LogP contribution in [0, 0.1) is 5.41 Å². The number of aliphatic hydroxyl groups is 2. The molecule has 2 fully saturated rings. The van der Waals surface area contributed by atoms with Crippen LogP contribution >= 0.6 is 0 Å². The number of nitrogens with zero attached hydrogens (tertiary/aromatic N) is 2. The van der Waals surface area contributed by atoms with Crippen LogP contribution in [0.15, 0.2) is 6.33 Å². The van der Waals surface area contributed by atoms with Crippen molar-refractivity contribution < 1.29 is 24.4 Å². The highest BCUT2D eigenvalue weighted by molar-refractivity contribution is 5.94. The van der Waals surface area contributed by atoms with E-state index in [1.54, 1.807) is 0 Å². The summed E-state index contributed by atoms with van der Waals surface area (Å²) in [5.41, 5.74) is 5.25. The van der Waals surface area contributed by atoms with Crippen LogP contribution in [0.5, 0.6) is 0 Å². The first-order chi connectivity index (χ1) is 10.0. The van der Waals surface area contributed by atoms with Crippen LogP contribution in [0.1, 0.15) is 18.3 Å². The number of rotatable bonds is 3. The Labute approximate surface area is 120 Å². The van der Waals surface area contributed by atoms with Crippen LogP contribution in [-0.4, -0.2) is 63.8 Å². The number of anilines is 1. The van der Waals surface area contributed by atoms with Crippen molar-refractivity contribution in [3.63, 3.8) is 0 Å². The summed E-state index contributed by atoms with van der Waals surface area (Å²) in [5, 5.41) is 27.2. The second-order valence-electron chi connectivity index (χ2n) is 5.13. The van der Waals surface area contributed by atoms with E-state index < -0.39 is 24.0 Å². The lowest BCUT2D eigenvalue weighted by atomic mass is 9.86. The molecular weight excluding hydrogens is 280 g/mol. The maximum absolute atomic E-state index is 10.3. The highest BCUT2D eigenvalue weighted by Gasteiger charge is 2.61. The van der Waals surface area contributed by atoms with E-state index in [4.69, 9.17) is 25.4 Å². The van der Waals surface area contributed by atoms with Gasteiger partial charge in [0.15, 0.2) is 11.9 Å². The molecule has 3 heterocycles. The van der Waals surface area contributed by atoms with Crippen molar-refractivity contribution in [1.29, 1.82) is 5.41 Å². The molecule has 0 radical (unpaired) electrons. The second kappa shape index (κ2) is 4.95. The minimum Gasteiger partial charge on any atom is -0.480 e. The van der Waals surface area contributed by atoms with Crippen LogP contribution in [0.4, 0.5) is 5.82 Å². The fourth-order valence-corrected chi connectivity index (χ4v) is 2.85. The van der Waals surface area contributed by atoms with Crippen molar-refractivity contribution in [2.45, 2.75) is 30.5 Å². The maximum Gasteiger partial charge on any atom is 0.236 e. The van der Waals surface area contributed by atoms with Gasteiger partial charge < -0.3 is 30.2 Å². The second-order valence-corrected chi connectivity index (χ2v) is 5.13. The average Bonchev–Trinajstić information content (AvgIpc) is 2.95. The molecular formula is C12H18N4O5. The van der Waals surface area contributed by atoms with Gasteiger partial charge in [-0.25, -0.2) is 4.98 Å². The highest BCUT2D eigenvalue weighted by atomic mass is 16.6. The monoisotopic (exact) mass is 298 g/mol. The lowest BCUT2D eigenvalue weighted by molar-refractivity contribution is -0.225. The zero-order valence-corrected chi connectivity index (χ0v) is 11.5. The van der Waals surface area contributed by atoms with Gasteiger partial charge in [0.2, 0.25) is 5.90 Å². The van der Waals surface area contributed by atoms with Gasteiger partial charge in [-0.3, -0.25) is 9.98 Å². The van der Waals surface area contributed by atoms with Gasteiger partial charge in [-0.1, -0.05) is 0 Å². The van der Waals surface area contributed by atoms with Crippen molar-refractivity contribution in [3.05, 3.63) is 12.0 Å². The van der Waals surface area contributed by atoms with E-state index in [1.807, 2.05) is 0 Å². The molecule has 0 aliphatic carbocycles. The van der Waals surface area contributed by atoms with Gasteiger partial charge in [0.05, 0.1) is 26.7 Å². The third-order valence-electron chi connectivity index (χ3n) is 4.12. The van der Waals surface area contributed by atoms with E-state index in [9.17, 15) is 10.2 Å². The summed E-state index contributed by atoms with van der Waals surface area (Å²) in [4.78, 5) is 4.04. The Hall–Kier alpha value is -1.68. The first kappa shape index (κ1) is 14.3. The molecule has 3 rings (SSSR count). The van der Waals surface area contributed by atoms with E-state index in [2.05, 4.69) is 4.98 Å². The fourth-order valence-electron chi connectivity index (χ4n) is 2.85. The van der Waals surface area contributed by atoms with Crippen molar-refractivity contribution in [3.8, 4) is 0 Å². The molecule has 2 saturated heterocycles. The molecule has 1 aromatic rings. The molecule has 116 valence electrons. The van der Waals surface area contributed by atoms with E-state index in [-0.39, 0.29) is 24.0 Å². The maximum atomic E-state index is 10.3. The Morgan fingerprint density at radius 3 is 2.95 bits per heavy atom. The summed E-state index contributed by atoms with van der Waals surface area (Å²) in [5.74, 6) is 0.0274. The van der Waals surface area contributed by atoms with E-state index in [0.717, 1.165) is 0 Å². The molecule has 0 saturated carbocycles. The van der Waals surface area contributed by atoms with Crippen molar-refractivity contribution in [2.24, 2.45) is 0 Å². The number of aromatic nitrogens is 2. The molecule has 4 unspecified atom stereocenters. The summed E-state index contributed by atoms with van der Waals surface area (Å²) in [6.45, 7) is 0.183. The molecule has 2 aliphatic heterocycles. The summed E-state index contributed by atoms with van der Waals surface area (Å²) < 4.78 is 17.6. The highest BCUT2D eigenvalue weighted by Crippen LogP contribution is 2.49. The van der Waals surface area contributed by atoms with E-state index in [0.29, 0.717) is 13.0 Å². The summed E-state index contributed by atoms with van der Waals surface area (Å²) in [7, 11) is 1.36. The lowest BCUT2D eigenvalue weighted by Crippen LogP contribution is -2.56. The number of nitrogens with one attached hydrogen (secondary N) is 1. The van der Waals surface area contributed by atoms with Crippen LogP contribution in [-0.2, 0) is 14.2 Å². The lowest BCUT2D eigenvalue weighted by Gasteiger charge is -2.44. The third-order valence-corrected chi connectivity index (χ3v) is 4.12. The number of nitrogen functional groups attached to an aromatic ring is 1. The predicted octanol–water partition coefficient (Wildman–Crippen LogP) is -1.15. The number of ether oxygens (including phenoxy) is 3. The van der Waals surface area contributed by atoms with Gasteiger partial charge in [-0.15, -0.1) is 0 Å². The van der Waals surface area contributed by atoms with Crippen LogP contribution in [0.2, 0.25) is 0 Å². The van der Waals surface area contributed by atoms with E-state index in [1.165, 1.54) is 18.0 Å². The standard InChI is InChI=1S/C12H18N4O5/c1-19-10(14)7-9(13)16(5-15-7)11-12(2-3-20-12)8(18)6(4-17)21-11/h5-6,8,11,14,17-18H,2-4,13H2,1H3. The normalized spacial score (nSPS) is 34.9. The van der Waals surface area contributed by atoms with Gasteiger partial charge in [-0.05, 0) is 0 Å². The summed E-state index contributed by atoms with van der Waals surface area (Å²) in [6.07, 6.45) is -0.400. The predicted molar refractivity (Wildman–Crippen MR) is 70.8 cm³/mol. The minimum absolute atomic E-state index is 0.160. The largest absolute Gasteiger partial charge is 0.480 e. The molecule has 4 atom stereocenters. The van der Waals surface area contributed by atoms with Crippen molar-refractivity contribution in [1.82, 2.24) is 9.55 Å². The first-order valence-electron chi connectivity index (χ1n) is 6.58. The zero-order chi connectivity index (χ0) is 15.2. The van der Waals surface area contributed by atoms with Crippen LogP contribution in [0.25, 0.3) is 0 Å². The summed E-state index contributed by atoms with van der Waals surface area (Å²) >= 11 is 0. The molecule has 5 N–H and O–H groups in total. The molecule has 1 spiro atoms. The topological polar surface area (TPSA) is 136 Å². The Morgan fingerprint density at radius 2 is 2.43 bits per heavy atom. The first-order valence-corrected chi connectivity index (χ1v) is 6.58. The number of nitrogens with two attached hydrogens (primary N) is 1. The molecule has 21 heavy (non-hydrogen) atoms. The van der Waals surface area contributed by atoms with Crippen LogP contribution in [0.3, 0.4) is 0 Å². The average molecular weight is 298 g/mol. The number of imidazole rings is 1. The SMILES string of the molecule is COC(=N)c1ncn(C2OC(CO)C(O)C23CCO3)c1N. The molecule has 9 nitrogen and oxygen atoms in total. The van der Waals surface area contributed by atoms with Gasteiger partial charge in [0, 0.05) is 6.42 Å². The smallest absolute Gasteiger partial charge is 0.236 e. The summed E-state index contributed by atoms with van der Waals surface area (Å²) in [6, 6.07) is 0. The molecule has 9 heteroatoms. The molecule has 0 aromatic carbocycles. The number of methoxy groups -OCH3 is 1. The van der Waals surface area contributed by atoms with Gasteiger partial charge in [-0.2, -0.15) is 0 Å². The quantitative estimate of drug-likeness (QED) is 0.408. The van der Waals surface area contributed by atoms with Crippen LogP contribution < -0.4 is 5.73 Å². The fraction of sp³-hybridized carbons (Fsp3) is 0.667. The Balaban J connectivity index is 1.96. The zero-order valence-electron chi connectivity index (χ0n) is 11.5. The Bertz CT molecular complexity index is 556. The van der Waals surface area contributed by atoms with E-state index >= 15 is 0 Å². The third kappa shape index (κ3) is 1.85. The Morgan fingerprint density at radius 1 is 1.71 bits per heavy atom. The molecule has 1 aromatic heterocycles. The van der Waals surface area contributed by atoms with Crippen molar-refractivity contribution in [2.75, 3.05) is 26.1 Å². The van der Waals surface area contributed by atoms with Crippen molar-refractivity contribution >= 4 is 11.7 Å². The Kier molecular flexibility index (Phi) is 3.36. The molecule has 0 bridgehead atoms. The van der Waals surface area contributed by atoms with Gasteiger partial charge in [0.1, 0.15) is 23.6 Å². The molecule has 2 aliphatic rings. The number of hydrogen-bond acceptors (Lipinski definition) is 8. The number of aliphatic hydroxyl groups excluding tert-OH is 2. The van der Waals surface area contributed by atoms with Gasteiger partial charge >= 0.3 is 0 Å². The molecule has 0 amide bonds. The minimum atomic E-state index is -0.951. The number of hydrogen-bond donors (Lipinski definition) is 4. The van der Waals surface area contributed by atoms with Gasteiger partial charge in [0.25, 0.3) is 0 Å².